The highest BCUT2D eigenvalue weighted by molar-refractivity contribution is 4.68. The van der Waals surface area contributed by atoms with E-state index in [1.54, 1.807) is 0 Å². The Bertz CT molecular complexity index is 152. The fourth-order valence-electron chi connectivity index (χ4n) is 1.05. The van der Waals surface area contributed by atoms with E-state index in [4.69, 9.17) is 9.84 Å². The Morgan fingerprint density at radius 3 is 2.33 bits per heavy atom. The molecule has 0 saturated heterocycles. The van der Waals surface area contributed by atoms with Gasteiger partial charge in [0.1, 0.15) is 0 Å². The van der Waals surface area contributed by atoms with Crippen molar-refractivity contribution < 1.29 is 14.9 Å². The fourth-order valence-corrected chi connectivity index (χ4v) is 1.05. The summed E-state index contributed by atoms with van der Waals surface area (Å²) in [7, 11) is 0. The predicted octanol–water partition coefficient (Wildman–Crippen LogP) is 0.523. The van der Waals surface area contributed by atoms with Gasteiger partial charge in [-0.2, -0.15) is 0 Å². The van der Waals surface area contributed by atoms with Crippen LogP contribution in [0.5, 0.6) is 0 Å². The molecule has 0 aliphatic rings. The second-order valence-electron chi connectivity index (χ2n) is 4.77. The zero-order valence-electron chi connectivity index (χ0n) is 10.3. The average molecular weight is 219 g/mol. The van der Waals surface area contributed by atoms with Crippen molar-refractivity contribution in [2.45, 2.75) is 51.9 Å². The molecule has 0 rings (SSSR count). The van der Waals surface area contributed by atoms with Gasteiger partial charge in [-0.15, -0.1) is 0 Å². The lowest BCUT2D eigenvalue weighted by molar-refractivity contribution is -0.0486. The summed E-state index contributed by atoms with van der Waals surface area (Å²) in [6, 6.07) is 0.0642. The molecule has 4 heteroatoms. The van der Waals surface area contributed by atoms with E-state index in [1.165, 1.54) is 0 Å². The number of aliphatic hydroxyl groups is 2. The highest BCUT2D eigenvalue weighted by Gasteiger charge is 2.14. The molecule has 92 valence electrons. The molecule has 0 radical (unpaired) electrons. The van der Waals surface area contributed by atoms with Gasteiger partial charge in [-0.05, 0) is 27.2 Å². The minimum atomic E-state index is -0.523. The van der Waals surface area contributed by atoms with Crippen LogP contribution in [0, 0.1) is 0 Å². The number of ether oxygens (including phenoxy) is 1. The molecule has 2 atom stereocenters. The average Bonchev–Trinajstić information content (AvgIpc) is 2.15. The molecular formula is C11H25NO3. The summed E-state index contributed by atoms with van der Waals surface area (Å²) >= 11 is 0. The van der Waals surface area contributed by atoms with Crippen molar-refractivity contribution in [2.24, 2.45) is 0 Å². The zero-order chi connectivity index (χ0) is 11.9. The van der Waals surface area contributed by atoms with Gasteiger partial charge in [0.15, 0.2) is 0 Å². The third-order valence-electron chi connectivity index (χ3n) is 2.06. The van der Waals surface area contributed by atoms with E-state index in [9.17, 15) is 5.11 Å². The Balaban J connectivity index is 3.61. The minimum Gasteiger partial charge on any atom is -0.395 e. The van der Waals surface area contributed by atoms with Gasteiger partial charge in [0.05, 0.1) is 24.9 Å². The van der Waals surface area contributed by atoms with Gasteiger partial charge in [0, 0.05) is 12.6 Å². The summed E-state index contributed by atoms with van der Waals surface area (Å²) in [6.45, 7) is 8.73. The molecule has 0 bridgehead atoms. The van der Waals surface area contributed by atoms with E-state index in [-0.39, 0.29) is 18.2 Å². The zero-order valence-corrected chi connectivity index (χ0v) is 10.3. The van der Waals surface area contributed by atoms with Crippen molar-refractivity contribution in [3.05, 3.63) is 0 Å². The lowest BCUT2D eigenvalue weighted by Gasteiger charge is -2.23. The molecule has 15 heavy (non-hydrogen) atoms. The third kappa shape index (κ3) is 8.81. The van der Waals surface area contributed by atoms with Crippen LogP contribution >= 0.6 is 0 Å². The quantitative estimate of drug-likeness (QED) is 0.584. The molecule has 0 aromatic heterocycles. The van der Waals surface area contributed by atoms with Gasteiger partial charge >= 0.3 is 0 Å². The Hall–Kier alpha value is -0.160. The summed E-state index contributed by atoms with van der Waals surface area (Å²) in [5.41, 5.74) is -0.220. The summed E-state index contributed by atoms with van der Waals surface area (Å²) in [4.78, 5) is 0. The van der Waals surface area contributed by atoms with E-state index < -0.39 is 6.10 Å². The topological polar surface area (TPSA) is 61.7 Å². The monoisotopic (exact) mass is 219 g/mol. The van der Waals surface area contributed by atoms with Crippen molar-refractivity contribution in [1.29, 1.82) is 0 Å². The molecule has 0 aromatic rings. The maximum Gasteiger partial charge on any atom is 0.0898 e. The van der Waals surface area contributed by atoms with Crippen molar-refractivity contribution in [3.63, 3.8) is 0 Å². The molecule has 0 saturated carbocycles. The molecule has 4 nitrogen and oxygen atoms in total. The molecule has 0 aromatic carbocycles. The maximum atomic E-state index is 9.58. The summed E-state index contributed by atoms with van der Waals surface area (Å²) < 4.78 is 5.44. The summed E-state index contributed by atoms with van der Waals surface area (Å²) in [6.07, 6.45) is 0.327. The van der Waals surface area contributed by atoms with E-state index in [1.807, 2.05) is 27.7 Å². The number of nitrogens with one attached hydrogen (secondary N) is 1. The van der Waals surface area contributed by atoms with Gasteiger partial charge in [-0.25, -0.2) is 0 Å². The van der Waals surface area contributed by atoms with Crippen LogP contribution in [-0.4, -0.2) is 47.7 Å². The maximum absolute atomic E-state index is 9.58. The lowest BCUT2D eigenvalue weighted by Crippen LogP contribution is -2.40. The first-order valence-electron chi connectivity index (χ1n) is 5.55. The largest absolute Gasteiger partial charge is 0.395 e. The van der Waals surface area contributed by atoms with E-state index in [0.29, 0.717) is 13.2 Å². The molecular weight excluding hydrogens is 194 g/mol. The standard InChI is InChI=1S/C11H25NO3/c1-5-9(7-13)12-6-10(14)8-15-11(2,3)4/h9-10,12-14H,5-8H2,1-4H3. The van der Waals surface area contributed by atoms with E-state index in [2.05, 4.69) is 5.32 Å². The van der Waals surface area contributed by atoms with Crippen LogP contribution in [0.1, 0.15) is 34.1 Å². The van der Waals surface area contributed by atoms with E-state index in [0.717, 1.165) is 6.42 Å². The Labute approximate surface area is 92.6 Å². The van der Waals surface area contributed by atoms with E-state index >= 15 is 0 Å². The highest BCUT2D eigenvalue weighted by Crippen LogP contribution is 2.06. The smallest absolute Gasteiger partial charge is 0.0898 e. The predicted molar refractivity (Wildman–Crippen MR) is 60.9 cm³/mol. The second kappa shape index (κ2) is 7.17. The van der Waals surface area contributed by atoms with Crippen LogP contribution in [0.15, 0.2) is 0 Å². The summed E-state index contributed by atoms with van der Waals surface area (Å²) in [5.74, 6) is 0. The third-order valence-corrected chi connectivity index (χ3v) is 2.06. The molecule has 0 amide bonds. The van der Waals surface area contributed by atoms with Crippen molar-refractivity contribution in [2.75, 3.05) is 19.8 Å². The number of hydrogen-bond acceptors (Lipinski definition) is 4. The van der Waals surface area contributed by atoms with Crippen molar-refractivity contribution >= 4 is 0 Å². The Morgan fingerprint density at radius 2 is 1.93 bits per heavy atom. The molecule has 0 aliphatic heterocycles. The van der Waals surface area contributed by atoms with Gasteiger partial charge in [-0.3, -0.25) is 0 Å². The van der Waals surface area contributed by atoms with Gasteiger partial charge in [0.25, 0.3) is 0 Å². The first kappa shape index (κ1) is 14.8. The fraction of sp³-hybridized carbons (Fsp3) is 1.00. The van der Waals surface area contributed by atoms with Crippen LogP contribution in [0.25, 0.3) is 0 Å². The van der Waals surface area contributed by atoms with Crippen LogP contribution in [0.4, 0.5) is 0 Å². The molecule has 0 heterocycles. The first-order chi connectivity index (χ1) is 6.89. The van der Waals surface area contributed by atoms with Crippen molar-refractivity contribution in [1.82, 2.24) is 5.32 Å². The van der Waals surface area contributed by atoms with Crippen LogP contribution < -0.4 is 5.32 Å². The molecule has 3 N–H and O–H groups in total. The first-order valence-corrected chi connectivity index (χ1v) is 5.55. The summed E-state index contributed by atoms with van der Waals surface area (Å²) in [5, 5.41) is 21.6. The van der Waals surface area contributed by atoms with Gasteiger partial charge in [-0.1, -0.05) is 6.92 Å². The second-order valence-corrected chi connectivity index (χ2v) is 4.77. The molecule has 0 spiro atoms. The molecule has 0 aliphatic carbocycles. The normalized spacial score (nSPS) is 16.4. The molecule has 0 fully saturated rings. The van der Waals surface area contributed by atoms with Gasteiger partial charge < -0.3 is 20.3 Å². The Morgan fingerprint density at radius 1 is 1.33 bits per heavy atom. The number of rotatable bonds is 7. The number of aliphatic hydroxyl groups excluding tert-OH is 2. The number of hydrogen-bond donors (Lipinski definition) is 3. The Kier molecular flexibility index (Phi) is 7.09. The van der Waals surface area contributed by atoms with Crippen LogP contribution in [-0.2, 0) is 4.74 Å². The van der Waals surface area contributed by atoms with Crippen LogP contribution in [0.3, 0.4) is 0 Å². The lowest BCUT2D eigenvalue weighted by atomic mass is 10.2. The SMILES string of the molecule is CCC(CO)NCC(O)COC(C)(C)C. The van der Waals surface area contributed by atoms with Gasteiger partial charge in [0.2, 0.25) is 0 Å². The van der Waals surface area contributed by atoms with Crippen LogP contribution in [0.2, 0.25) is 0 Å². The highest BCUT2D eigenvalue weighted by atomic mass is 16.5. The van der Waals surface area contributed by atoms with Crippen molar-refractivity contribution in [3.8, 4) is 0 Å². The molecule has 2 unspecified atom stereocenters. The minimum absolute atomic E-state index is 0.0642.